The zero-order chi connectivity index (χ0) is 10.4. The quantitative estimate of drug-likeness (QED) is 0.597. The Balaban J connectivity index is 2.63. The lowest BCUT2D eigenvalue weighted by atomic mass is 10.1. The van der Waals surface area contributed by atoms with Gasteiger partial charge in [0.2, 0.25) is 0 Å². The van der Waals surface area contributed by atoms with E-state index in [1.54, 1.807) is 0 Å². The van der Waals surface area contributed by atoms with Crippen LogP contribution < -0.4 is 0 Å². The van der Waals surface area contributed by atoms with Gasteiger partial charge < -0.3 is 0 Å². The van der Waals surface area contributed by atoms with Gasteiger partial charge in [-0.1, -0.05) is 23.7 Å². The van der Waals surface area contributed by atoms with Crippen molar-refractivity contribution in [3.8, 4) is 5.40 Å². The molecule has 1 nitrogen and oxygen atoms in total. The Labute approximate surface area is 98.0 Å². The van der Waals surface area contributed by atoms with E-state index in [1.165, 1.54) is 11.8 Å². The van der Waals surface area contributed by atoms with E-state index >= 15 is 0 Å². The number of rotatable bonds is 4. The van der Waals surface area contributed by atoms with E-state index in [-0.39, 0.29) is 5.25 Å². The number of alkyl halides is 1. The molecule has 0 fully saturated rings. The number of hydrogen-bond acceptors (Lipinski definition) is 2. The second-order valence-corrected chi connectivity index (χ2v) is 4.65. The Morgan fingerprint density at radius 1 is 1.50 bits per heavy atom. The molecule has 1 rings (SSSR count). The summed E-state index contributed by atoms with van der Waals surface area (Å²) in [6, 6.07) is 7.63. The fourth-order valence-electron chi connectivity index (χ4n) is 1.13. The van der Waals surface area contributed by atoms with Crippen molar-refractivity contribution in [1.82, 2.24) is 0 Å². The molecular weight excluding hydrogens is 237 g/mol. The van der Waals surface area contributed by atoms with Crippen molar-refractivity contribution in [2.24, 2.45) is 0 Å². The molecule has 1 aromatic rings. The lowest BCUT2D eigenvalue weighted by Gasteiger charge is -2.08. The number of benzene rings is 1. The van der Waals surface area contributed by atoms with Gasteiger partial charge in [0.25, 0.3) is 0 Å². The van der Waals surface area contributed by atoms with Crippen molar-refractivity contribution in [1.29, 1.82) is 5.26 Å². The smallest absolute Gasteiger partial charge is 0.133 e. The Hall–Kier alpha value is -0.360. The molecule has 14 heavy (non-hydrogen) atoms. The molecular formula is C10H9Cl2NS. The van der Waals surface area contributed by atoms with Crippen LogP contribution in [0.15, 0.2) is 24.3 Å². The number of nitriles is 1. The molecule has 1 aromatic carbocycles. The second-order valence-electron chi connectivity index (χ2n) is 2.82. The maximum Gasteiger partial charge on any atom is 0.133 e. The summed E-state index contributed by atoms with van der Waals surface area (Å²) in [5, 5.41) is 11.4. The first kappa shape index (κ1) is 11.7. The van der Waals surface area contributed by atoms with E-state index in [9.17, 15) is 0 Å². The average molecular weight is 246 g/mol. The third kappa shape index (κ3) is 3.79. The van der Waals surface area contributed by atoms with Crippen LogP contribution in [0.3, 0.4) is 0 Å². The van der Waals surface area contributed by atoms with E-state index in [1.807, 2.05) is 24.3 Å². The summed E-state index contributed by atoms with van der Waals surface area (Å²) >= 11 is 12.8. The molecule has 0 N–H and O–H groups in total. The fraction of sp³-hybridized carbons (Fsp3) is 0.300. The van der Waals surface area contributed by atoms with Crippen LogP contribution in [0.2, 0.25) is 5.02 Å². The van der Waals surface area contributed by atoms with Crippen LogP contribution in [0.5, 0.6) is 0 Å². The van der Waals surface area contributed by atoms with E-state index in [2.05, 4.69) is 5.40 Å². The van der Waals surface area contributed by atoms with Crippen LogP contribution in [-0.2, 0) is 6.42 Å². The minimum absolute atomic E-state index is 0.139. The number of hydrogen-bond donors (Lipinski definition) is 0. The van der Waals surface area contributed by atoms with Gasteiger partial charge in [0.1, 0.15) is 5.40 Å². The van der Waals surface area contributed by atoms with Crippen LogP contribution in [0.25, 0.3) is 0 Å². The maximum atomic E-state index is 8.53. The largest absolute Gasteiger partial charge is 0.185 e. The Morgan fingerprint density at radius 2 is 2.29 bits per heavy atom. The molecule has 74 valence electrons. The van der Waals surface area contributed by atoms with Gasteiger partial charge in [0, 0.05) is 16.2 Å². The van der Waals surface area contributed by atoms with E-state index < -0.39 is 0 Å². The van der Waals surface area contributed by atoms with E-state index in [4.69, 9.17) is 28.5 Å². The van der Waals surface area contributed by atoms with Crippen molar-refractivity contribution in [3.63, 3.8) is 0 Å². The highest BCUT2D eigenvalue weighted by atomic mass is 35.5. The molecule has 0 aliphatic carbocycles. The molecule has 0 saturated heterocycles. The van der Waals surface area contributed by atoms with Crippen LogP contribution in [0.4, 0.5) is 0 Å². The number of thiocyanates is 1. The van der Waals surface area contributed by atoms with Crippen LogP contribution in [0.1, 0.15) is 5.56 Å². The van der Waals surface area contributed by atoms with Gasteiger partial charge in [-0.15, -0.1) is 11.6 Å². The number of nitrogens with zero attached hydrogens (tertiary/aromatic N) is 1. The average Bonchev–Trinajstić information content (AvgIpc) is 2.17. The molecule has 0 bridgehead atoms. The third-order valence-electron chi connectivity index (χ3n) is 1.74. The van der Waals surface area contributed by atoms with Crippen molar-refractivity contribution in [2.75, 3.05) is 5.88 Å². The zero-order valence-corrected chi connectivity index (χ0v) is 9.74. The first-order valence-corrected chi connectivity index (χ1v) is 5.90. The van der Waals surface area contributed by atoms with Gasteiger partial charge in [0.15, 0.2) is 0 Å². The molecule has 0 unspecified atom stereocenters. The Kier molecular flexibility index (Phi) is 5.17. The molecule has 0 saturated carbocycles. The second kappa shape index (κ2) is 6.19. The SMILES string of the molecule is N#CS[C@H](CCl)Cc1cccc(Cl)c1. The summed E-state index contributed by atoms with van der Waals surface area (Å²) in [6.07, 6.45) is 0.780. The molecule has 0 heterocycles. The molecule has 0 radical (unpaired) electrons. The molecule has 4 heteroatoms. The first-order chi connectivity index (χ1) is 6.76. The highest BCUT2D eigenvalue weighted by molar-refractivity contribution is 8.04. The number of halogens is 2. The van der Waals surface area contributed by atoms with Crippen LogP contribution >= 0.6 is 35.0 Å². The fourth-order valence-corrected chi connectivity index (χ4v) is 2.13. The van der Waals surface area contributed by atoms with Crippen molar-refractivity contribution in [2.45, 2.75) is 11.7 Å². The van der Waals surface area contributed by atoms with Gasteiger partial charge in [0.05, 0.1) is 0 Å². The Morgan fingerprint density at radius 3 is 2.86 bits per heavy atom. The summed E-state index contributed by atoms with van der Waals surface area (Å²) in [7, 11) is 0. The van der Waals surface area contributed by atoms with Gasteiger partial charge in [-0.3, -0.25) is 0 Å². The van der Waals surface area contributed by atoms with Crippen molar-refractivity contribution >= 4 is 35.0 Å². The monoisotopic (exact) mass is 245 g/mol. The van der Waals surface area contributed by atoms with Gasteiger partial charge >= 0.3 is 0 Å². The molecule has 0 aromatic heterocycles. The Bertz CT molecular complexity index is 335. The predicted octanol–water partition coefficient (Wildman–Crippen LogP) is 3.70. The summed E-state index contributed by atoms with van der Waals surface area (Å²) in [4.78, 5) is 0. The lowest BCUT2D eigenvalue weighted by Crippen LogP contribution is -2.07. The number of thioether (sulfide) groups is 1. The lowest BCUT2D eigenvalue weighted by molar-refractivity contribution is 0.954. The predicted molar refractivity (Wildman–Crippen MR) is 62.9 cm³/mol. The van der Waals surface area contributed by atoms with Crippen LogP contribution in [-0.4, -0.2) is 11.1 Å². The maximum absolute atomic E-state index is 8.53. The minimum atomic E-state index is 0.139. The summed E-state index contributed by atoms with van der Waals surface area (Å²) in [5.41, 5.74) is 1.12. The van der Waals surface area contributed by atoms with Crippen molar-refractivity contribution in [3.05, 3.63) is 34.9 Å². The first-order valence-electron chi connectivity index (χ1n) is 4.11. The normalized spacial score (nSPS) is 12.1. The van der Waals surface area contributed by atoms with Gasteiger partial charge in [-0.25, -0.2) is 0 Å². The molecule has 0 amide bonds. The van der Waals surface area contributed by atoms with Gasteiger partial charge in [-0.2, -0.15) is 5.26 Å². The van der Waals surface area contributed by atoms with E-state index in [0.717, 1.165) is 17.0 Å². The van der Waals surface area contributed by atoms with Crippen LogP contribution in [0, 0.1) is 10.7 Å². The minimum Gasteiger partial charge on any atom is -0.185 e. The summed E-state index contributed by atoms with van der Waals surface area (Å²) < 4.78 is 0. The van der Waals surface area contributed by atoms with Crippen molar-refractivity contribution < 1.29 is 0 Å². The molecule has 0 spiro atoms. The summed E-state index contributed by atoms with van der Waals surface area (Å²) in [5.74, 6) is 0.477. The van der Waals surface area contributed by atoms with Gasteiger partial charge in [-0.05, 0) is 35.9 Å². The topological polar surface area (TPSA) is 23.8 Å². The highest BCUT2D eigenvalue weighted by Gasteiger charge is 2.08. The summed E-state index contributed by atoms with van der Waals surface area (Å²) in [6.45, 7) is 0. The standard InChI is InChI=1S/C10H9Cl2NS/c11-6-10(14-7-13)5-8-2-1-3-9(12)4-8/h1-4,10H,5-6H2/t10-/m0/s1. The highest BCUT2D eigenvalue weighted by Crippen LogP contribution is 2.19. The molecule has 0 aliphatic heterocycles. The van der Waals surface area contributed by atoms with E-state index in [0.29, 0.717) is 5.88 Å². The molecule has 0 aliphatic rings. The zero-order valence-electron chi connectivity index (χ0n) is 7.41. The molecule has 1 atom stereocenters. The third-order valence-corrected chi connectivity index (χ3v) is 3.31.